The number of carbonyl (C=O) groups excluding carboxylic acids is 2. The van der Waals surface area contributed by atoms with Crippen molar-refractivity contribution in [3.05, 3.63) is 59.7 Å². The van der Waals surface area contributed by atoms with Crippen molar-refractivity contribution >= 4 is 17.5 Å². The third-order valence-corrected chi connectivity index (χ3v) is 4.12. The van der Waals surface area contributed by atoms with Gasteiger partial charge < -0.3 is 15.4 Å². The Labute approximate surface area is 161 Å². The first-order chi connectivity index (χ1) is 12.8. The van der Waals surface area contributed by atoms with Crippen LogP contribution in [-0.4, -0.2) is 24.0 Å². The van der Waals surface area contributed by atoms with Gasteiger partial charge in [0.25, 0.3) is 5.91 Å². The largest absolute Gasteiger partial charge is 0.491 e. The number of rotatable bonds is 7. The van der Waals surface area contributed by atoms with Gasteiger partial charge in [0.1, 0.15) is 11.8 Å². The van der Waals surface area contributed by atoms with Gasteiger partial charge >= 0.3 is 0 Å². The second kappa shape index (κ2) is 9.21. The highest BCUT2D eigenvalue weighted by molar-refractivity contribution is 6.01. The lowest BCUT2D eigenvalue weighted by Gasteiger charge is -2.22. The fraction of sp³-hybridized carbons (Fsp3) is 0.364. The predicted octanol–water partition coefficient (Wildman–Crippen LogP) is 4.18. The Kier molecular flexibility index (Phi) is 6.99. The SMILES string of the molecule is Cc1ccccc1C(=O)NC(C(=O)Nc1ccc(OC(C)C)cc1)C(C)C. The Hall–Kier alpha value is -2.82. The van der Waals surface area contributed by atoms with Crippen LogP contribution in [-0.2, 0) is 4.79 Å². The maximum Gasteiger partial charge on any atom is 0.252 e. The van der Waals surface area contributed by atoms with Crippen LogP contribution < -0.4 is 15.4 Å². The lowest BCUT2D eigenvalue weighted by molar-refractivity contribution is -0.118. The monoisotopic (exact) mass is 368 g/mol. The van der Waals surface area contributed by atoms with Crippen LogP contribution in [0.1, 0.15) is 43.6 Å². The molecular formula is C22H28N2O3. The molecule has 0 saturated heterocycles. The molecule has 27 heavy (non-hydrogen) atoms. The lowest BCUT2D eigenvalue weighted by atomic mass is 10.0. The molecule has 1 unspecified atom stereocenters. The number of hydrogen-bond donors (Lipinski definition) is 2. The number of carbonyl (C=O) groups is 2. The third-order valence-electron chi connectivity index (χ3n) is 4.12. The summed E-state index contributed by atoms with van der Waals surface area (Å²) in [4.78, 5) is 25.3. The molecule has 0 spiro atoms. The summed E-state index contributed by atoms with van der Waals surface area (Å²) in [5, 5.41) is 5.72. The molecule has 0 aliphatic rings. The number of aryl methyl sites for hydroxylation is 1. The average molecular weight is 368 g/mol. The van der Waals surface area contributed by atoms with Crippen LogP contribution >= 0.6 is 0 Å². The van der Waals surface area contributed by atoms with Crippen molar-refractivity contribution in [3.63, 3.8) is 0 Å². The van der Waals surface area contributed by atoms with E-state index in [0.717, 1.165) is 11.3 Å². The summed E-state index contributed by atoms with van der Waals surface area (Å²) in [6.07, 6.45) is 0.0902. The van der Waals surface area contributed by atoms with Gasteiger partial charge in [-0.15, -0.1) is 0 Å². The number of anilines is 1. The predicted molar refractivity (Wildman–Crippen MR) is 108 cm³/mol. The minimum atomic E-state index is -0.635. The number of nitrogens with one attached hydrogen (secondary N) is 2. The summed E-state index contributed by atoms with van der Waals surface area (Å²) in [5.41, 5.74) is 2.11. The van der Waals surface area contributed by atoms with E-state index < -0.39 is 6.04 Å². The summed E-state index contributed by atoms with van der Waals surface area (Å²) < 4.78 is 5.60. The molecule has 0 heterocycles. The first kappa shape index (κ1) is 20.5. The van der Waals surface area contributed by atoms with Gasteiger partial charge in [0.2, 0.25) is 5.91 Å². The van der Waals surface area contributed by atoms with Crippen molar-refractivity contribution < 1.29 is 14.3 Å². The fourth-order valence-electron chi connectivity index (χ4n) is 2.69. The molecule has 0 radical (unpaired) electrons. The van der Waals surface area contributed by atoms with E-state index in [2.05, 4.69) is 10.6 Å². The number of ether oxygens (including phenoxy) is 1. The van der Waals surface area contributed by atoms with Gasteiger partial charge in [-0.25, -0.2) is 0 Å². The van der Waals surface area contributed by atoms with Gasteiger partial charge in [0.05, 0.1) is 6.10 Å². The van der Waals surface area contributed by atoms with Crippen molar-refractivity contribution in [2.24, 2.45) is 5.92 Å². The normalized spacial score (nSPS) is 12.0. The van der Waals surface area contributed by atoms with Crippen LogP contribution in [0.3, 0.4) is 0 Å². The topological polar surface area (TPSA) is 67.4 Å². The first-order valence-corrected chi connectivity index (χ1v) is 9.22. The van der Waals surface area contributed by atoms with Gasteiger partial charge in [0.15, 0.2) is 0 Å². The maximum atomic E-state index is 12.7. The molecule has 0 aliphatic heterocycles. The summed E-state index contributed by atoms with van der Waals surface area (Å²) in [5.74, 6) is 0.199. The Morgan fingerprint density at radius 3 is 2.11 bits per heavy atom. The molecule has 144 valence electrons. The Morgan fingerprint density at radius 1 is 0.926 bits per heavy atom. The summed E-state index contributed by atoms with van der Waals surface area (Å²) >= 11 is 0. The maximum absolute atomic E-state index is 12.7. The van der Waals surface area contributed by atoms with Gasteiger partial charge in [-0.1, -0.05) is 32.0 Å². The van der Waals surface area contributed by atoms with Crippen molar-refractivity contribution in [1.29, 1.82) is 0 Å². The quantitative estimate of drug-likeness (QED) is 0.770. The van der Waals surface area contributed by atoms with Gasteiger partial charge in [0, 0.05) is 11.3 Å². The smallest absolute Gasteiger partial charge is 0.252 e. The average Bonchev–Trinajstić information content (AvgIpc) is 2.60. The molecule has 5 nitrogen and oxygen atoms in total. The van der Waals surface area contributed by atoms with Crippen LogP contribution in [0.15, 0.2) is 48.5 Å². The molecule has 0 aliphatic carbocycles. The zero-order chi connectivity index (χ0) is 20.0. The Balaban J connectivity index is 2.06. The molecule has 2 N–H and O–H groups in total. The van der Waals surface area contributed by atoms with E-state index in [-0.39, 0.29) is 23.8 Å². The minimum absolute atomic E-state index is 0.0542. The fourth-order valence-corrected chi connectivity index (χ4v) is 2.69. The van der Waals surface area contributed by atoms with Crippen molar-refractivity contribution in [2.75, 3.05) is 5.32 Å². The molecule has 0 aromatic heterocycles. The molecule has 0 saturated carbocycles. The highest BCUT2D eigenvalue weighted by Gasteiger charge is 2.25. The first-order valence-electron chi connectivity index (χ1n) is 9.22. The number of amides is 2. The highest BCUT2D eigenvalue weighted by Crippen LogP contribution is 2.18. The third kappa shape index (κ3) is 5.84. The van der Waals surface area contributed by atoms with Gasteiger partial charge in [-0.05, 0) is 62.6 Å². The minimum Gasteiger partial charge on any atom is -0.491 e. The summed E-state index contributed by atoms with van der Waals surface area (Å²) in [6.45, 7) is 9.60. The van der Waals surface area contributed by atoms with Crippen LogP contribution in [0, 0.1) is 12.8 Å². The van der Waals surface area contributed by atoms with E-state index >= 15 is 0 Å². The Bertz CT molecular complexity index is 782. The molecule has 2 aromatic rings. The van der Waals surface area contributed by atoms with E-state index in [9.17, 15) is 9.59 Å². The zero-order valence-corrected chi connectivity index (χ0v) is 16.6. The second-order valence-corrected chi connectivity index (χ2v) is 7.19. The summed E-state index contributed by atoms with van der Waals surface area (Å²) in [7, 11) is 0. The van der Waals surface area contributed by atoms with E-state index in [1.54, 1.807) is 18.2 Å². The van der Waals surface area contributed by atoms with Gasteiger partial charge in [-0.3, -0.25) is 9.59 Å². The van der Waals surface area contributed by atoms with Crippen LogP contribution in [0.4, 0.5) is 5.69 Å². The lowest BCUT2D eigenvalue weighted by Crippen LogP contribution is -2.47. The number of benzene rings is 2. The van der Waals surface area contributed by atoms with Crippen LogP contribution in [0.2, 0.25) is 0 Å². The van der Waals surface area contributed by atoms with E-state index in [1.165, 1.54) is 0 Å². The molecule has 5 heteroatoms. The van der Waals surface area contributed by atoms with Crippen molar-refractivity contribution in [2.45, 2.75) is 46.8 Å². The molecule has 0 fully saturated rings. The summed E-state index contributed by atoms with van der Waals surface area (Å²) in [6, 6.07) is 13.9. The van der Waals surface area contributed by atoms with Gasteiger partial charge in [-0.2, -0.15) is 0 Å². The molecule has 2 amide bonds. The number of hydrogen-bond acceptors (Lipinski definition) is 3. The molecular weight excluding hydrogens is 340 g/mol. The highest BCUT2D eigenvalue weighted by atomic mass is 16.5. The molecule has 2 rings (SSSR count). The van der Waals surface area contributed by atoms with E-state index in [0.29, 0.717) is 11.3 Å². The van der Waals surface area contributed by atoms with Crippen molar-refractivity contribution in [1.82, 2.24) is 5.32 Å². The van der Waals surface area contributed by atoms with E-state index in [4.69, 9.17) is 4.74 Å². The standard InChI is InChI=1S/C22H28N2O3/c1-14(2)20(24-21(25)19-9-7-6-8-16(19)5)22(26)23-17-10-12-18(13-11-17)27-15(3)4/h6-15,20H,1-5H3,(H,23,26)(H,24,25). The molecule has 1 atom stereocenters. The van der Waals surface area contributed by atoms with Crippen molar-refractivity contribution in [3.8, 4) is 5.75 Å². The van der Waals surface area contributed by atoms with Crippen LogP contribution in [0.25, 0.3) is 0 Å². The second-order valence-electron chi connectivity index (χ2n) is 7.19. The zero-order valence-electron chi connectivity index (χ0n) is 16.6. The molecule has 2 aromatic carbocycles. The molecule has 0 bridgehead atoms. The van der Waals surface area contributed by atoms with Crippen LogP contribution in [0.5, 0.6) is 5.75 Å². The Morgan fingerprint density at radius 2 is 1.56 bits per heavy atom. The van der Waals surface area contributed by atoms with E-state index in [1.807, 2.05) is 65.0 Å².